The first kappa shape index (κ1) is 58.8. The van der Waals surface area contributed by atoms with E-state index < -0.39 is 83.7 Å². The number of esters is 2. The zero-order valence-electron chi connectivity index (χ0n) is 38.8. The molecule has 8 atom stereocenters. The van der Waals surface area contributed by atoms with Crippen LogP contribution in [-0.4, -0.2) is 96.9 Å². The van der Waals surface area contributed by atoms with Crippen molar-refractivity contribution in [2.45, 2.75) is 173 Å². The van der Waals surface area contributed by atoms with Crippen molar-refractivity contribution in [3.05, 3.63) is 71.4 Å². The SMILES string of the molecule is CC[C@@H](O)CC/C=C\C/C=C\C/C=C\C/C=C\CCCC(=O)O[C@H](COC(=O)CCCCCCCCCC(C)C)COP(=O)(O)OP(=O)(O)OC[C@H]1O[C@@H](n2ccc(N)nc2=O)[C@H](O)[C@@H]1O. The zero-order chi connectivity index (χ0) is 48.8. The number of aliphatic hydroxyl groups excluding tert-OH is 3. The van der Waals surface area contributed by atoms with Gasteiger partial charge in [0.25, 0.3) is 0 Å². The maximum Gasteiger partial charge on any atom is 0.481 e. The molecule has 0 amide bonds. The lowest BCUT2D eigenvalue weighted by atomic mass is 10.0. The Bertz CT molecular complexity index is 1820. The van der Waals surface area contributed by atoms with Crippen molar-refractivity contribution in [3.63, 3.8) is 0 Å². The number of carbonyl (C=O) groups is 2. The molecule has 2 heterocycles. The molecule has 0 spiro atoms. The Morgan fingerprint density at radius 3 is 2.00 bits per heavy atom. The van der Waals surface area contributed by atoms with Crippen LogP contribution in [0.4, 0.5) is 5.82 Å². The molecule has 1 aromatic heterocycles. The molecule has 0 saturated carbocycles. The quantitative estimate of drug-likeness (QED) is 0.0165. The van der Waals surface area contributed by atoms with Gasteiger partial charge in [0.05, 0.1) is 19.3 Å². The van der Waals surface area contributed by atoms with Crippen LogP contribution in [0.2, 0.25) is 0 Å². The number of allylic oxidation sites excluding steroid dienone is 8. The van der Waals surface area contributed by atoms with E-state index in [1.54, 1.807) is 0 Å². The van der Waals surface area contributed by atoms with Gasteiger partial charge in [-0.25, -0.2) is 13.9 Å². The van der Waals surface area contributed by atoms with Crippen LogP contribution in [0.1, 0.15) is 143 Å². The zero-order valence-corrected chi connectivity index (χ0v) is 40.5. The molecule has 1 saturated heterocycles. The van der Waals surface area contributed by atoms with Crippen molar-refractivity contribution in [1.29, 1.82) is 0 Å². The van der Waals surface area contributed by atoms with Gasteiger partial charge in [-0.05, 0) is 69.8 Å². The first-order valence-corrected chi connectivity index (χ1v) is 26.1. The fourth-order valence-electron chi connectivity index (χ4n) is 6.47. The fraction of sp³-hybridized carbons (Fsp3) is 0.689. The normalized spacial score (nSPS) is 20.7. The smallest absolute Gasteiger partial charge is 0.462 e. The number of nitrogen functional groups attached to an aromatic ring is 1. The Morgan fingerprint density at radius 2 is 1.38 bits per heavy atom. The summed E-state index contributed by atoms with van der Waals surface area (Å²) in [5.74, 6) is -0.702. The third-order valence-electron chi connectivity index (χ3n) is 10.3. The minimum Gasteiger partial charge on any atom is -0.462 e. The van der Waals surface area contributed by atoms with E-state index in [2.05, 4.69) is 53.5 Å². The van der Waals surface area contributed by atoms with Gasteiger partial charge >= 0.3 is 33.3 Å². The number of hydrogen-bond donors (Lipinski definition) is 6. The summed E-state index contributed by atoms with van der Waals surface area (Å²) in [7, 11) is -10.9. The summed E-state index contributed by atoms with van der Waals surface area (Å²) in [6, 6.07) is 1.24. The van der Waals surface area contributed by atoms with Crippen LogP contribution in [0.5, 0.6) is 0 Å². The third kappa shape index (κ3) is 26.9. The second-order valence-corrected chi connectivity index (χ2v) is 19.6. The largest absolute Gasteiger partial charge is 0.481 e. The molecule has 376 valence electrons. The maximum absolute atomic E-state index is 12.8. The van der Waals surface area contributed by atoms with Crippen LogP contribution >= 0.6 is 15.6 Å². The summed E-state index contributed by atoms with van der Waals surface area (Å²) in [5.41, 5.74) is 4.57. The van der Waals surface area contributed by atoms with Gasteiger partial charge in [-0.3, -0.25) is 23.2 Å². The molecule has 0 aromatic carbocycles. The molecule has 21 heteroatoms. The second-order valence-electron chi connectivity index (χ2n) is 16.5. The third-order valence-corrected chi connectivity index (χ3v) is 12.9. The Morgan fingerprint density at radius 1 is 0.803 bits per heavy atom. The number of phosphoric acid groups is 2. The van der Waals surface area contributed by atoms with Gasteiger partial charge in [0.15, 0.2) is 12.3 Å². The lowest BCUT2D eigenvalue weighted by molar-refractivity contribution is -0.161. The van der Waals surface area contributed by atoms with Crippen LogP contribution in [0.25, 0.3) is 0 Å². The Balaban J connectivity index is 1.86. The summed E-state index contributed by atoms with van der Waals surface area (Å²) in [4.78, 5) is 61.6. The van der Waals surface area contributed by atoms with Gasteiger partial charge in [-0.2, -0.15) is 9.29 Å². The Kier molecular flexibility index (Phi) is 29.6. The fourth-order valence-corrected chi connectivity index (χ4v) is 8.58. The summed E-state index contributed by atoms with van der Waals surface area (Å²) in [5, 5.41) is 30.4. The van der Waals surface area contributed by atoms with Crippen molar-refractivity contribution < 1.29 is 71.4 Å². The van der Waals surface area contributed by atoms with Crippen molar-refractivity contribution in [1.82, 2.24) is 9.55 Å². The molecular formula is C45H75N3O16P2. The first-order valence-electron chi connectivity index (χ1n) is 23.1. The molecule has 7 N–H and O–H groups in total. The van der Waals surface area contributed by atoms with Crippen molar-refractivity contribution in [3.8, 4) is 0 Å². The van der Waals surface area contributed by atoms with E-state index in [0.29, 0.717) is 31.6 Å². The summed E-state index contributed by atoms with van der Waals surface area (Å²) in [6.45, 7) is 4.01. The Hall–Kier alpha value is -3.32. The molecule has 19 nitrogen and oxygen atoms in total. The highest BCUT2D eigenvalue weighted by molar-refractivity contribution is 7.61. The molecule has 1 aliphatic heterocycles. The van der Waals surface area contributed by atoms with Gasteiger partial charge in [0.2, 0.25) is 0 Å². The number of aromatic nitrogens is 2. The molecule has 1 aliphatic rings. The van der Waals surface area contributed by atoms with E-state index >= 15 is 0 Å². The number of hydrogen-bond acceptors (Lipinski definition) is 16. The number of nitrogens with two attached hydrogens (primary N) is 1. The molecule has 2 rings (SSSR count). The molecule has 0 aliphatic carbocycles. The molecule has 66 heavy (non-hydrogen) atoms. The standard InChI is InChI=1S/C45H75N3O16P2/c1-4-36(49)27-23-19-15-11-9-7-5-6-8-10-12-16-21-25-29-41(51)62-37(32-59-40(50)28-24-20-17-13-14-18-22-26-35(2)3)33-60-65(55,56)64-66(57,58)61-34-38-42(52)43(53)44(63-38)48-31-30-39(46)47-45(48)54/h6-9,12,15-16,19,30-31,35-38,42-44,49,52-53H,4-5,10-11,13-14,17-18,20-29,32-34H2,1-3H3,(H,55,56)(H,57,58)(H2,46,47,54)/b8-6-,9-7-,16-12-,19-15-/t36-,37-,38-,42-,43-,44-/m1/s1. The van der Waals surface area contributed by atoms with Crippen molar-refractivity contribution >= 4 is 33.4 Å². The van der Waals surface area contributed by atoms with Gasteiger partial charge in [0.1, 0.15) is 30.7 Å². The first-order chi connectivity index (χ1) is 31.4. The van der Waals surface area contributed by atoms with Gasteiger partial charge in [-0.15, -0.1) is 0 Å². The van der Waals surface area contributed by atoms with Gasteiger partial charge < -0.3 is 45.1 Å². The average Bonchev–Trinajstić information content (AvgIpc) is 3.53. The predicted molar refractivity (Wildman–Crippen MR) is 248 cm³/mol. The minimum absolute atomic E-state index is 0.0401. The predicted octanol–water partition coefficient (Wildman–Crippen LogP) is 7.43. The molecule has 2 unspecified atom stereocenters. The number of ether oxygens (including phenoxy) is 3. The topological polar surface area (TPSA) is 286 Å². The number of carbonyl (C=O) groups excluding carboxylic acids is 2. The number of rotatable bonds is 36. The molecule has 1 aromatic rings. The van der Waals surface area contributed by atoms with Gasteiger partial charge in [-0.1, -0.05) is 114 Å². The highest BCUT2D eigenvalue weighted by Gasteiger charge is 2.46. The van der Waals surface area contributed by atoms with Crippen LogP contribution in [0.15, 0.2) is 65.7 Å². The average molecular weight is 976 g/mol. The lowest BCUT2D eigenvalue weighted by Crippen LogP contribution is -2.36. The van der Waals surface area contributed by atoms with E-state index in [-0.39, 0.29) is 24.8 Å². The Labute approximate surface area is 389 Å². The molecule has 0 radical (unpaired) electrons. The summed E-state index contributed by atoms with van der Waals surface area (Å²) < 4.78 is 56.5. The van der Waals surface area contributed by atoms with Crippen LogP contribution in [0, 0.1) is 5.92 Å². The highest BCUT2D eigenvalue weighted by Crippen LogP contribution is 2.60. The molecule has 0 bridgehead atoms. The molecular weight excluding hydrogens is 900 g/mol. The monoisotopic (exact) mass is 975 g/mol. The second kappa shape index (κ2) is 33.2. The van der Waals surface area contributed by atoms with E-state index in [1.807, 2.05) is 25.2 Å². The van der Waals surface area contributed by atoms with Crippen LogP contribution in [0.3, 0.4) is 0 Å². The summed E-state index contributed by atoms with van der Waals surface area (Å²) >= 11 is 0. The van der Waals surface area contributed by atoms with E-state index in [1.165, 1.54) is 25.3 Å². The van der Waals surface area contributed by atoms with E-state index in [4.69, 9.17) is 29.0 Å². The highest BCUT2D eigenvalue weighted by atomic mass is 31.3. The van der Waals surface area contributed by atoms with Crippen LogP contribution < -0.4 is 11.4 Å². The summed E-state index contributed by atoms with van der Waals surface area (Å²) in [6.07, 6.45) is 23.4. The van der Waals surface area contributed by atoms with E-state index in [9.17, 15) is 48.6 Å². The van der Waals surface area contributed by atoms with Gasteiger partial charge in [0, 0.05) is 19.0 Å². The number of phosphoric ester groups is 2. The van der Waals surface area contributed by atoms with E-state index in [0.717, 1.165) is 68.6 Å². The number of unbranched alkanes of at least 4 members (excludes halogenated alkanes) is 7. The maximum atomic E-state index is 12.8. The lowest BCUT2D eigenvalue weighted by Gasteiger charge is -2.21. The number of aliphatic hydroxyl groups is 3. The molecule has 1 fully saturated rings. The minimum atomic E-state index is -5.44. The van der Waals surface area contributed by atoms with Crippen molar-refractivity contribution in [2.24, 2.45) is 5.92 Å². The van der Waals surface area contributed by atoms with Crippen molar-refractivity contribution in [2.75, 3.05) is 25.6 Å². The number of nitrogens with zero attached hydrogens (tertiary/aromatic N) is 2. The number of anilines is 1. The van der Waals surface area contributed by atoms with Crippen LogP contribution in [-0.2, 0) is 46.3 Å².